The van der Waals surface area contributed by atoms with Gasteiger partial charge in [-0.05, 0) is 51.5 Å². The van der Waals surface area contributed by atoms with Crippen LogP contribution in [0.1, 0.15) is 25.7 Å². The molecule has 0 aromatic rings. The van der Waals surface area contributed by atoms with E-state index in [2.05, 4.69) is 22.6 Å². The largest absolute Gasteiger partial charge is 0.392 e. The molecule has 1 fully saturated rings. The summed E-state index contributed by atoms with van der Waals surface area (Å²) in [5, 5.41) is 8.64. The molecule has 0 aliphatic carbocycles. The Morgan fingerprint density at radius 3 is 3.07 bits per heavy atom. The summed E-state index contributed by atoms with van der Waals surface area (Å²) >= 11 is 2.22. The second-order valence-electron chi connectivity index (χ2n) is 3.25. The van der Waals surface area contributed by atoms with Gasteiger partial charge in [0.2, 0.25) is 0 Å². The maximum absolute atomic E-state index is 8.64. The van der Waals surface area contributed by atoms with Crippen molar-refractivity contribution in [1.29, 1.82) is 0 Å². The van der Waals surface area contributed by atoms with E-state index in [4.69, 9.17) is 14.6 Å². The van der Waals surface area contributed by atoms with Crippen molar-refractivity contribution in [1.82, 2.24) is 0 Å². The van der Waals surface area contributed by atoms with Crippen LogP contribution in [0.4, 0.5) is 0 Å². The molecule has 3 nitrogen and oxygen atoms in total. The zero-order chi connectivity index (χ0) is 10.2. The van der Waals surface area contributed by atoms with Crippen molar-refractivity contribution in [3.05, 3.63) is 9.66 Å². The predicted octanol–water partition coefficient (Wildman–Crippen LogP) is 2.23. The van der Waals surface area contributed by atoms with Crippen molar-refractivity contribution in [3.8, 4) is 0 Å². The second-order valence-corrected chi connectivity index (χ2v) is 4.64. The van der Waals surface area contributed by atoms with Crippen LogP contribution in [-0.2, 0) is 9.47 Å². The summed E-state index contributed by atoms with van der Waals surface area (Å²) in [4.78, 5) is 0. The van der Waals surface area contributed by atoms with E-state index in [0.29, 0.717) is 6.61 Å². The van der Waals surface area contributed by atoms with E-state index in [1.165, 1.54) is 6.42 Å². The first-order valence-electron chi connectivity index (χ1n) is 5.01. The third kappa shape index (κ3) is 5.29. The number of ether oxygens (including phenoxy) is 2. The predicted molar refractivity (Wildman–Crippen MR) is 63.3 cm³/mol. The average Bonchev–Trinajstić information content (AvgIpc) is 2.20. The molecular formula is C10H17IO3. The standard InChI is InChI=1S/C10H17IO3/c11-9(4-6-12)5-8-14-10-3-1-2-7-13-10/h4,10,12H,1-3,5-8H2/b9-4-. The van der Waals surface area contributed by atoms with Crippen molar-refractivity contribution in [3.63, 3.8) is 0 Å². The SMILES string of the molecule is OC/C=C(\I)CCOC1CCCCO1. The Hall–Kier alpha value is 0.350. The summed E-state index contributed by atoms with van der Waals surface area (Å²) in [5.41, 5.74) is 0. The minimum Gasteiger partial charge on any atom is -0.392 e. The molecule has 1 aliphatic rings. The lowest BCUT2D eigenvalue weighted by atomic mass is 10.2. The van der Waals surface area contributed by atoms with Crippen LogP contribution in [0.3, 0.4) is 0 Å². The molecule has 14 heavy (non-hydrogen) atoms. The van der Waals surface area contributed by atoms with Gasteiger partial charge in [0.05, 0.1) is 13.2 Å². The summed E-state index contributed by atoms with van der Waals surface area (Å²) in [6, 6.07) is 0. The first kappa shape index (κ1) is 12.4. The lowest BCUT2D eigenvalue weighted by Gasteiger charge is -2.22. The average molecular weight is 312 g/mol. The molecule has 82 valence electrons. The van der Waals surface area contributed by atoms with Gasteiger partial charge in [0, 0.05) is 13.0 Å². The molecule has 1 N–H and O–H groups in total. The Bertz CT molecular complexity index is 176. The van der Waals surface area contributed by atoms with Gasteiger partial charge in [0.25, 0.3) is 0 Å². The molecule has 0 saturated carbocycles. The van der Waals surface area contributed by atoms with Crippen LogP contribution in [0.5, 0.6) is 0 Å². The Morgan fingerprint density at radius 1 is 1.57 bits per heavy atom. The van der Waals surface area contributed by atoms with Crippen LogP contribution in [0, 0.1) is 0 Å². The van der Waals surface area contributed by atoms with Gasteiger partial charge in [-0.15, -0.1) is 0 Å². The van der Waals surface area contributed by atoms with Crippen molar-refractivity contribution in [2.75, 3.05) is 19.8 Å². The lowest BCUT2D eigenvalue weighted by molar-refractivity contribution is -0.161. The first-order valence-corrected chi connectivity index (χ1v) is 6.09. The van der Waals surface area contributed by atoms with E-state index in [0.717, 1.165) is 29.4 Å². The molecule has 1 unspecified atom stereocenters. The van der Waals surface area contributed by atoms with Crippen LogP contribution >= 0.6 is 22.6 Å². The molecule has 0 aromatic heterocycles. The smallest absolute Gasteiger partial charge is 0.157 e. The Morgan fingerprint density at radius 2 is 2.43 bits per heavy atom. The van der Waals surface area contributed by atoms with Crippen molar-refractivity contribution >= 4 is 22.6 Å². The number of aliphatic hydroxyl groups excluding tert-OH is 1. The quantitative estimate of drug-likeness (QED) is 0.791. The highest BCUT2D eigenvalue weighted by atomic mass is 127. The maximum atomic E-state index is 8.64. The molecule has 1 rings (SSSR count). The van der Waals surface area contributed by atoms with Gasteiger partial charge in [-0.1, -0.05) is 0 Å². The topological polar surface area (TPSA) is 38.7 Å². The van der Waals surface area contributed by atoms with Gasteiger partial charge in [-0.2, -0.15) is 0 Å². The molecule has 1 aliphatic heterocycles. The van der Waals surface area contributed by atoms with Gasteiger partial charge < -0.3 is 14.6 Å². The van der Waals surface area contributed by atoms with Gasteiger partial charge in [-0.3, -0.25) is 0 Å². The van der Waals surface area contributed by atoms with Crippen LogP contribution in [-0.4, -0.2) is 31.2 Å². The maximum Gasteiger partial charge on any atom is 0.157 e. The highest BCUT2D eigenvalue weighted by Crippen LogP contribution is 2.16. The summed E-state index contributed by atoms with van der Waals surface area (Å²) in [6.45, 7) is 1.62. The van der Waals surface area contributed by atoms with Crippen molar-refractivity contribution in [2.45, 2.75) is 32.0 Å². The van der Waals surface area contributed by atoms with Crippen molar-refractivity contribution in [2.24, 2.45) is 0 Å². The normalized spacial score (nSPS) is 23.9. The molecule has 4 heteroatoms. The minimum absolute atomic E-state index is 0.00192. The highest BCUT2D eigenvalue weighted by molar-refractivity contribution is 14.1. The van der Waals surface area contributed by atoms with Crippen LogP contribution in [0.25, 0.3) is 0 Å². The highest BCUT2D eigenvalue weighted by Gasteiger charge is 2.13. The summed E-state index contributed by atoms with van der Waals surface area (Å²) in [6.07, 6.45) is 6.03. The van der Waals surface area contributed by atoms with Gasteiger partial charge in [0.15, 0.2) is 6.29 Å². The number of rotatable bonds is 5. The van der Waals surface area contributed by atoms with E-state index in [1.54, 1.807) is 6.08 Å². The second kappa shape index (κ2) is 7.62. The Kier molecular flexibility index (Phi) is 6.76. The van der Waals surface area contributed by atoms with E-state index in [9.17, 15) is 0 Å². The minimum atomic E-state index is 0.00192. The molecule has 0 radical (unpaired) electrons. The van der Waals surface area contributed by atoms with Crippen molar-refractivity contribution < 1.29 is 14.6 Å². The number of hydrogen-bond acceptors (Lipinski definition) is 3. The summed E-state index contributed by atoms with van der Waals surface area (Å²) in [7, 11) is 0. The van der Waals surface area contributed by atoms with E-state index < -0.39 is 0 Å². The van der Waals surface area contributed by atoms with Gasteiger partial charge in [-0.25, -0.2) is 0 Å². The molecular weight excluding hydrogens is 295 g/mol. The monoisotopic (exact) mass is 312 g/mol. The molecule has 1 saturated heterocycles. The summed E-state index contributed by atoms with van der Waals surface area (Å²) < 4.78 is 12.1. The van der Waals surface area contributed by atoms with E-state index >= 15 is 0 Å². The Labute approximate surface area is 98.6 Å². The molecule has 0 aromatic carbocycles. The number of hydrogen-bond donors (Lipinski definition) is 1. The molecule has 0 spiro atoms. The third-order valence-electron chi connectivity index (χ3n) is 2.10. The zero-order valence-corrected chi connectivity index (χ0v) is 10.4. The Balaban J connectivity index is 2.05. The van der Waals surface area contributed by atoms with Gasteiger partial charge in [0.1, 0.15) is 0 Å². The molecule has 0 amide bonds. The number of halogens is 1. The molecule has 1 atom stereocenters. The fraction of sp³-hybridized carbons (Fsp3) is 0.800. The van der Waals surface area contributed by atoms with Gasteiger partial charge >= 0.3 is 0 Å². The third-order valence-corrected chi connectivity index (χ3v) is 3.08. The van der Waals surface area contributed by atoms with E-state index in [1.807, 2.05) is 0 Å². The zero-order valence-electron chi connectivity index (χ0n) is 8.25. The molecule has 1 heterocycles. The fourth-order valence-corrected chi connectivity index (χ4v) is 1.75. The lowest BCUT2D eigenvalue weighted by Crippen LogP contribution is -2.22. The summed E-state index contributed by atoms with van der Waals surface area (Å²) in [5.74, 6) is 0. The number of aliphatic hydroxyl groups is 1. The van der Waals surface area contributed by atoms with E-state index in [-0.39, 0.29) is 12.9 Å². The van der Waals surface area contributed by atoms with Crippen LogP contribution < -0.4 is 0 Å². The fourth-order valence-electron chi connectivity index (χ4n) is 1.33. The first-order chi connectivity index (χ1) is 6.83. The van der Waals surface area contributed by atoms with Crippen LogP contribution in [0.2, 0.25) is 0 Å². The molecule has 0 bridgehead atoms. The van der Waals surface area contributed by atoms with Crippen LogP contribution in [0.15, 0.2) is 9.66 Å².